The first-order chi connectivity index (χ1) is 4.75. The van der Waals surface area contributed by atoms with Crippen LogP contribution in [0.25, 0.3) is 0 Å². The van der Waals surface area contributed by atoms with Gasteiger partial charge in [0.2, 0.25) is 5.22 Å². The molecule has 0 aromatic carbocycles. The molecule has 1 aromatic heterocycles. The van der Waals surface area contributed by atoms with Gasteiger partial charge in [0.25, 0.3) is 0 Å². The summed E-state index contributed by atoms with van der Waals surface area (Å²) in [6, 6.07) is 1.59. The lowest BCUT2D eigenvalue weighted by atomic mass is 10.3. The Balaban J connectivity index is 3.05. The molecule has 10 heavy (non-hydrogen) atoms. The molecule has 0 unspecified atom stereocenters. The van der Waals surface area contributed by atoms with Crippen molar-refractivity contribution in [1.82, 2.24) is 0 Å². The minimum Gasteiger partial charge on any atom is -0.452 e. The Morgan fingerprint density at radius 3 is 2.80 bits per heavy atom. The van der Waals surface area contributed by atoms with Gasteiger partial charge in [-0.05, 0) is 17.7 Å². The number of furan rings is 1. The quantitative estimate of drug-likeness (QED) is 0.271. The minimum atomic E-state index is 0.166. The van der Waals surface area contributed by atoms with Crippen LogP contribution < -0.4 is 11.6 Å². The maximum Gasteiger partial charge on any atom is 0.204 e. The van der Waals surface area contributed by atoms with E-state index in [1.165, 1.54) is 6.26 Å². The van der Waals surface area contributed by atoms with Gasteiger partial charge in [0.1, 0.15) is 0 Å². The molecule has 1 rings (SSSR count). The van der Waals surface area contributed by atoms with Gasteiger partial charge in [0.05, 0.1) is 11.8 Å². The van der Waals surface area contributed by atoms with Gasteiger partial charge in [0, 0.05) is 0 Å². The summed E-state index contributed by atoms with van der Waals surface area (Å²) in [6.45, 7) is 0. The molecule has 1 aromatic rings. The highest BCUT2D eigenvalue weighted by Gasteiger charge is 2.05. The third-order valence-corrected chi connectivity index (χ3v) is 1.33. The summed E-state index contributed by atoms with van der Waals surface area (Å²) in [5, 5.41) is 3.44. The number of nitrogens with zero attached hydrogens (tertiary/aromatic N) is 1. The van der Waals surface area contributed by atoms with Crippen molar-refractivity contribution < 1.29 is 4.42 Å². The van der Waals surface area contributed by atoms with Crippen LogP contribution in [0.4, 0.5) is 0 Å². The number of hydrazone groups is 1. The van der Waals surface area contributed by atoms with Gasteiger partial charge in [-0.25, -0.2) is 0 Å². The average Bonchev–Trinajstić information content (AvgIpc) is 2.34. The summed E-state index contributed by atoms with van der Waals surface area (Å²) < 4.78 is 4.74. The number of hydrogen-bond donors (Lipinski definition) is 2. The number of amidine groups is 1. The molecule has 54 valence electrons. The maximum atomic E-state index is 5.53. The molecular weight excluding hydrogens is 154 g/mol. The molecule has 4 N–H and O–H groups in total. The highest BCUT2D eigenvalue weighted by molar-refractivity contribution is 6.32. The van der Waals surface area contributed by atoms with Crippen LogP contribution in [0.3, 0.4) is 0 Å². The molecule has 0 aliphatic heterocycles. The Morgan fingerprint density at radius 1 is 1.70 bits per heavy atom. The largest absolute Gasteiger partial charge is 0.452 e. The first-order valence-corrected chi connectivity index (χ1v) is 2.90. The molecule has 0 aliphatic rings. The highest BCUT2D eigenvalue weighted by atomic mass is 35.5. The molecule has 0 saturated carbocycles. The molecule has 0 spiro atoms. The fraction of sp³-hybridized carbons (Fsp3) is 0. The zero-order valence-electron chi connectivity index (χ0n) is 5.04. The normalized spacial score (nSPS) is 11.9. The summed E-state index contributed by atoms with van der Waals surface area (Å²) in [5.74, 6) is 5.06. The van der Waals surface area contributed by atoms with Crippen LogP contribution in [0.5, 0.6) is 0 Å². The van der Waals surface area contributed by atoms with E-state index in [1.807, 2.05) is 0 Å². The number of rotatable bonds is 1. The summed E-state index contributed by atoms with van der Waals surface area (Å²) in [5.41, 5.74) is 5.84. The minimum absolute atomic E-state index is 0.166. The van der Waals surface area contributed by atoms with Crippen molar-refractivity contribution in [2.45, 2.75) is 0 Å². The van der Waals surface area contributed by atoms with E-state index in [9.17, 15) is 0 Å². The monoisotopic (exact) mass is 159 g/mol. The highest BCUT2D eigenvalue weighted by Crippen LogP contribution is 2.15. The van der Waals surface area contributed by atoms with E-state index in [4.69, 9.17) is 27.6 Å². The van der Waals surface area contributed by atoms with E-state index >= 15 is 0 Å². The number of nitrogens with two attached hydrogens (primary N) is 2. The Hall–Kier alpha value is -1.16. The molecule has 0 fully saturated rings. The van der Waals surface area contributed by atoms with Gasteiger partial charge in [-0.15, -0.1) is 0 Å². The van der Waals surface area contributed by atoms with E-state index in [0.29, 0.717) is 5.56 Å². The summed E-state index contributed by atoms with van der Waals surface area (Å²) in [6.07, 6.45) is 1.41. The van der Waals surface area contributed by atoms with Crippen LogP contribution in [0.1, 0.15) is 5.56 Å². The summed E-state index contributed by atoms with van der Waals surface area (Å²) in [4.78, 5) is 0. The van der Waals surface area contributed by atoms with Crippen molar-refractivity contribution in [1.29, 1.82) is 0 Å². The van der Waals surface area contributed by atoms with Crippen molar-refractivity contribution in [2.24, 2.45) is 16.7 Å². The number of hydrogen-bond acceptors (Lipinski definition) is 3. The first kappa shape index (κ1) is 6.95. The zero-order valence-corrected chi connectivity index (χ0v) is 5.80. The Labute approximate surface area is 62.4 Å². The smallest absolute Gasteiger partial charge is 0.204 e. The molecular formula is C5H6ClN3O. The lowest BCUT2D eigenvalue weighted by Crippen LogP contribution is -2.14. The lowest BCUT2D eigenvalue weighted by Gasteiger charge is -1.91. The van der Waals surface area contributed by atoms with E-state index in [0.717, 1.165) is 0 Å². The molecule has 5 heteroatoms. The van der Waals surface area contributed by atoms with Crippen LogP contribution >= 0.6 is 11.6 Å². The third kappa shape index (κ3) is 1.06. The topological polar surface area (TPSA) is 77.5 Å². The Bertz CT molecular complexity index is 255. The van der Waals surface area contributed by atoms with Crippen molar-refractivity contribution in [2.75, 3.05) is 0 Å². The van der Waals surface area contributed by atoms with Gasteiger partial charge >= 0.3 is 0 Å². The van der Waals surface area contributed by atoms with Gasteiger partial charge in [-0.2, -0.15) is 5.10 Å². The molecule has 0 atom stereocenters. The molecule has 0 bridgehead atoms. The van der Waals surface area contributed by atoms with Gasteiger partial charge in [-0.1, -0.05) is 0 Å². The van der Waals surface area contributed by atoms with E-state index in [-0.39, 0.29) is 11.1 Å². The summed E-state index contributed by atoms with van der Waals surface area (Å²) in [7, 11) is 0. The maximum absolute atomic E-state index is 5.53. The lowest BCUT2D eigenvalue weighted by molar-refractivity contribution is 0.569. The Morgan fingerprint density at radius 2 is 2.40 bits per heavy atom. The second-order valence-electron chi connectivity index (χ2n) is 1.62. The first-order valence-electron chi connectivity index (χ1n) is 2.52. The fourth-order valence-corrected chi connectivity index (χ4v) is 0.758. The van der Waals surface area contributed by atoms with E-state index < -0.39 is 0 Å². The summed E-state index contributed by atoms with van der Waals surface area (Å²) >= 11 is 5.53. The van der Waals surface area contributed by atoms with Gasteiger partial charge in [-0.3, -0.25) is 0 Å². The zero-order chi connectivity index (χ0) is 7.56. The van der Waals surface area contributed by atoms with Crippen LogP contribution in [0.15, 0.2) is 21.8 Å². The van der Waals surface area contributed by atoms with Gasteiger partial charge in [0.15, 0.2) is 5.84 Å². The van der Waals surface area contributed by atoms with Crippen molar-refractivity contribution in [3.63, 3.8) is 0 Å². The second kappa shape index (κ2) is 2.62. The third-order valence-electron chi connectivity index (χ3n) is 1.03. The standard InChI is InChI=1S/C5H6ClN3O/c6-4-3(1-2-10-4)5(7)9-8/h1-2H,8H2,(H2,7,9). The predicted molar refractivity (Wildman–Crippen MR) is 38.6 cm³/mol. The molecule has 4 nitrogen and oxygen atoms in total. The number of halogens is 1. The predicted octanol–water partition coefficient (Wildman–Crippen LogP) is 0.512. The average molecular weight is 160 g/mol. The van der Waals surface area contributed by atoms with Crippen molar-refractivity contribution >= 4 is 17.4 Å². The van der Waals surface area contributed by atoms with Crippen LogP contribution in [-0.4, -0.2) is 5.84 Å². The van der Waals surface area contributed by atoms with E-state index in [1.54, 1.807) is 6.07 Å². The van der Waals surface area contributed by atoms with Crippen LogP contribution in [0, 0.1) is 0 Å². The molecule has 0 aliphatic carbocycles. The van der Waals surface area contributed by atoms with Crippen molar-refractivity contribution in [3.05, 3.63) is 23.1 Å². The molecule has 0 radical (unpaired) electrons. The molecule has 0 saturated heterocycles. The SMILES string of the molecule is N/N=C(/N)c1ccoc1Cl. The van der Waals surface area contributed by atoms with Crippen LogP contribution in [0.2, 0.25) is 5.22 Å². The van der Waals surface area contributed by atoms with E-state index in [2.05, 4.69) is 5.10 Å². The Kier molecular flexibility index (Phi) is 1.82. The second-order valence-corrected chi connectivity index (χ2v) is 1.97. The molecule has 0 amide bonds. The van der Waals surface area contributed by atoms with Gasteiger partial charge < -0.3 is 16.0 Å². The van der Waals surface area contributed by atoms with Crippen molar-refractivity contribution in [3.8, 4) is 0 Å². The fourth-order valence-electron chi connectivity index (χ4n) is 0.546. The van der Waals surface area contributed by atoms with Crippen LogP contribution in [-0.2, 0) is 0 Å². The molecule has 1 heterocycles.